The summed E-state index contributed by atoms with van der Waals surface area (Å²) in [5.74, 6) is 2.17. The molecular weight excluding hydrogens is 292 g/mol. The van der Waals surface area contributed by atoms with Crippen LogP contribution in [0.1, 0.15) is 49.7 Å². The van der Waals surface area contributed by atoms with Crippen molar-refractivity contribution in [2.24, 2.45) is 17.3 Å². The second-order valence-corrected chi connectivity index (χ2v) is 7.89. The average Bonchev–Trinajstić information content (AvgIpc) is 2.78. The Morgan fingerprint density at radius 3 is 2.74 bits per heavy atom. The summed E-state index contributed by atoms with van der Waals surface area (Å²) in [4.78, 5) is 0. The normalized spacial score (nSPS) is 41.8. The third-order valence-corrected chi connectivity index (χ3v) is 7.02. The van der Waals surface area contributed by atoms with E-state index < -0.39 is 12.2 Å². The maximum atomic E-state index is 10.5. The number of rotatable bonds is 1. The lowest BCUT2D eigenvalue weighted by molar-refractivity contribution is -0.0506. The smallest absolute Gasteiger partial charge is 0.163 e. The molecule has 4 nitrogen and oxygen atoms in total. The van der Waals surface area contributed by atoms with Crippen molar-refractivity contribution >= 4 is 0 Å². The number of benzene rings is 1. The van der Waals surface area contributed by atoms with Gasteiger partial charge >= 0.3 is 0 Å². The number of fused-ring (bicyclic) bond motifs is 5. The van der Waals surface area contributed by atoms with Gasteiger partial charge in [0.15, 0.2) is 11.5 Å². The zero-order chi connectivity index (χ0) is 16.4. The number of hydrogen-bond donors (Lipinski definition) is 3. The van der Waals surface area contributed by atoms with E-state index in [0.29, 0.717) is 29.9 Å². The van der Waals surface area contributed by atoms with Crippen molar-refractivity contribution in [2.75, 3.05) is 7.11 Å². The molecule has 2 fully saturated rings. The molecule has 3 aliphatic carbocycles. The number of ether oxygens (including phenoxy) is 1. The molecule has 3 N–H and O–H groups in total. The van der Waals surface area contributed by atoms with Crippen molar-refractivity contribution < 1.29 is 20.1 Å². The first kappa shape index (κ1) is 15.3. The summed E-state index contributed by atoms with van der Waals surface area (Å²) < 4.78 is 5.43. The molecular formula is C19H26O4. The van der Waals surface area contributed by atoms with E-state index in [1.807, 2.05) is 0 Å². The van der Waals surface area contributed by atoms with Gasteiger partial charge in [0.1, 0.15) is 0 Å². The predicted molar refractivity (Wildman–Crippen MR) is 86.7 cm³/mol. The van der Waals surface area contributed by atoms with E-state index in [9.17, 15) is 15.3 Å². The summed E-state index contributed by atoms with van der Waals surface area (Å²) in [6.07, 6.45) is 3.44. The van der Waals surface area contributed by atoms with Gasteiger partial charge in [-0.1, -0.05) is 13.0 Å². The molecule has 2 saturated carbocycles. The van der Waals surface area contributed by atoms with Crippen LogP contribution in [0.15, 0.2) is 12.1 Å². The van der Waals surface area contributed by atoms with Gasteiger partial charge in [-0.05, 0) is 66.9 Å². The van der Waals surface area contributed by atoms with Crippen LogP contribution in [0.2, 0.25) is 0 Å². The molecule has 4 heteroatoms. The lowest BCUT2D eigenvalue weighted by atomic mass is 9.55. The van der Waals surface area contributed by atoms with E-state index in [-0.39, 0.29) is 11.2 Å². The Morgan fingerprint density at radius 2 is 2.00 bits per heavy atom. The van der Waals surface area contributed by atoms with Crippen molar-refractivity contribution in [1.82, 2.24) is 0 Å². The van der Waals surface area contributed by atoms with Crippen LogP contribution < -0.4 is 4.74 Å². The molecule has 1 aromatic carbocycles. The third kappa shape index (κ3) is 1.97. The number of hydrogen-bond acceptors (Lipinski definition) is 4. The summed E-state index contributed by atoms with van der Waals surface area (Å²) in [6.45, 7) is 2.15. The molecule has 4 rings (SSSR count). The number of phenolic OH excluding ortho intramolecular Hbond substituents is 1. The van der Waals surface area contributed by atoms with Crippen molar-refractivity contribution in [3.05, 3.63) is 23.3 Å². The zero-order valence-corrected chi connectivity index (χ0v) is 13.8. The molecule has 23 heavy (non-hydrogen) atoms. The van der Waals surface area contributed by atoms with Gasteiger partial charge < -0.3 is 20.1 Å². The number of aromatic hydroxyl groups is 1. The SMILES string of the molecule is COc1c(O)ccc2c1CC[C@@H]1[C@@H]2CC[C@]2(C)[C@@H](O)[C@H](O)C[C@@H]12. The Kier molecular flexibility index (Phi) is 3.40. The summed E-state index contributed by atoms with van der Waals surface area (Å²) in [5.41, 5.74) is 2.30. The highest BCUT2D eigenvalue weighted by Crippen LogP contribution is 2.61. The van der Waals surface area contributed by atoms with Crippen LogP contribution in [0.4, 0.5) is 0 Å². The Morgan fingerprint density at radius 1 is 1.22 bits per heavy atom. The monoisotopic (exact) mass is 318 g/mol. The fraction of sp³-hybridized carbons (Fsp3) is 0.684. The van der Waals surface area contributed by atoms with Crippen LogP contribution in [0, 0.1) is 17.3 Å². The summed E-state index contributed by atoms with van der Waals surface area (Å²) in [6, 6.07) is 3.79. The third-order valence-electron chi connectivity index (χ3n) is 7.02. The van der Waals surface area contributed by atoms with Crippen LogP contribution in [-0.2, 0) is 6.42 Å². The molecule has 0 saturated heterocycles. The first-order valence-electron chi connectivity index (χ1n) is 8.72. The van der Waals surface area contributed by atoms with Crippen LogP contribution in [0.25, 0.3) is 0 Å². The summed E-state index contributed by atoms with van der Waals surface area (Å²) >= 11 is 0. The minimum absolute atomic E-state index is 0.154. The molecule has 126 valence electrons. The van der Waals surface area contributed by atoms with E-state index in [1.165, 1.54) is 5.56 Å². The van der Waals surface area contributed by atoms with E-state index in [1.54, 1.807) is 13.2 Å². The Bertz CT molecular complexity index is 628. The molecule has 6 atom stereocenters. The van der Waals surface area contributed by atoms with Crippen LogP contribution >= 0.6 is 0 Å². The van der Waals surface area contributed by atoms with Crippen molar-refractivity contribution in [3.8, 4) is 11.5 Å². The second kappa shape index (κ2) is 5.12. The Hall–Kier alpha value is -1.26. The largest absolute Gasteiger partial charge is 0.504 e. The topological polar surface area (TPSA) is 69.9 Å². The highest BCUT2D eigenvalue weighted by molar-refractivity contribution is 5.52. The van der Waals surface area contributed by atoms with Gasteiger partial charge in [-0.2, -0.15) is 0 Å². The van der Waals surface area contributed by atoms with E-state index in [4.69, 9.17) is 4.74 Å². The molecule has 0 unspecified atom stereocenters. The second-order valence-electron chi connectivity index (χ2n) is 7.89. The number of aliphatic hydroxyl groups excluding tert-OH is 2. The lowest BCUT2D eigenvalue weighted by Crippen LogP contribution is -2.44. The number of phenols is 1. The highest BCUT2D eigenvalue weighted by atomic mass is 16.5. The van der Waals surface area contributed by atoms with Crippen LogP contribution in [0.5, 0.6) is 11.5 Å². The van der Waals surface area contributed by atoms with Crippen molar-refractivity contribution in [3.63, 3.8) is 0 Å². The van der Waals surface area contributed by atoms with Gasteiger partial charge in [0.05, 0.1) is 19.3 Å². The van der Waals surface area contributed by atoms with Gasteiger partial charge in [0.25, 0.3) is 0 Å². The molecule has 0 heterocycles. The minimum atomic E-state index is -0.593. The van der Waals surface area contributed by atoms with Gasteiger partial charge in [0.2, 0.25) is 0 Å². The van der Waals surface area contributed by atoms with E-state index in [2.05, 4.69) is 13.0 Å². The highest BCUT2D eigenvalue weighted by Gasteiger charge is 2.57. The van der Waals surface area contributed by atoms with E-state index >= 15 is 0 Å². The molecule has 0 aliphatic heterocycles. The number of aliphatic hydroxyl groups is 2. The molecule has 0 aromatic heterocycles. The Labute approximate surface area is 137 Å². The van der Waals surface area contributed by atoms with Gasteiger partial charge in [0, 0.05) is 5.56 Å². The van der Waals surface area contributed by atoms with Crippen molar-refractivity contribution in [1.29, 1.82) is 0 Å². The molecule has 0 amide bonds. The molecule has 0 bridgehead atoms. The Balaban J connectivity index is 1.73. The predicted octanol–water partition coefficient (Wildman–Crippen LogP) is 2.59. The van der Waals surface area contributed by atoms with Crippen LogP contribution in [0.3, 0.4) is 0 Å². The summed E-state index contributed by atoms with van der Waals surface area (Å²) in [5, 5.41) is 30.7. The van der Waals surface area contributed by atoms with Gasteiger partial charge in [-0.3, -0.25) is 0 Å². The molecule has 0 radical (unpaired) electrons. The fourth-order valence-electron chi connectivity index (χ4n) is 5.84. The van der Waals surface area contributed by atoms with Gasteiger partial charge in [-0.15, -0.1) is 0 Å². The summed E-state index contributed by atoms with van der Waals surface area (Å²) in [7, 11) is 1.61. The standard InChI is InChI=1S/C19H26O4/c1-19-8-7-11-10-5-6-15(20)17(23-2)13(10)4-3-12(11)14(19)9-16(21)18(19)22/h5-6,11-12,14,16,18,20-22H,3-4,7-9H2,1-2H3/t11-,12-,14+,16-,18+,19+/m1/s1. The maximum absolute atomic E-state index is 10.5. The molecule has 3 aliphatic rings. The van der Waals surface area contributed by atoms with Crippen molar-refractivity contribution in [2.45, 2.75) is 57.2 Å². The minimum Gasteiger partial charge on any atom is -0.504 e. The first-order valence-corrected chi connectivity index (χ1v) is 8.72. The maximum Gasteiger partial charge on any atom is 0.163 e. The fourth-order valence-corrected chi connectivity index (χ4v) is 5.84. The lowest BCUT2D eigenvalue weighted by Gasteiger charge is -2.50. The zero-order valence-electron chi connectivity index (χ0n) is 13.8. The van der Waals surface area contributed by atoms with E-state index in [0.717, 1.165) is 31.2 Å². The van der Waals surface area contributed by atoms with Gasteiger partial charge in [-0.25, -0.2) is 0 Å². The first-order chi connectivity index (χ1) is 11.0. The quantitative estimate of drug-likeness (QED) is 0.744. The number of methoxy groups -OCH3 is 1. The molecule has 0 spiro atoms. The average molecular weight is 318 g/mol. The van der Waals surface area contributed by atoms with Crippen LogP contribution in [-0.4, -0.2) is 34.6 Å². The molecule has 1 aromatic rings.